The lowest BCUT2D eigenvalue weighted by Gasteiger charge is -2.12. The van der Waals surface area contributed by atoms with Crippen LogP contribution in [0.15, 0.2) is 0 Å². The van der Waals surface area contributed by atoms with Crippen molar-refractivity contribution in [2.45, 2.75) is 45.3 Å². The van der Waals surface area contributed by atoms with Gasteiger partial charge in [0.2, 0.25) is 11.6 Å². The third-order valence-corrected chi connectivity index (χ3v) is 3.35. The average molecular weight is 375 g/mol. The molecule has 1 atom stereocenters. The molecule has 0 saturated carbocycles. The summed E-state index contributed by atoms with van der Waals surface area (Å²) in [6.45, 7) is 3.26. The molecule has 26 heavy (non-hydrogen) atoms. The lowest BCUT2D eigenvalue weighted by Crippen LogP contribution is -2.41. The van der Waals surface area contributed by atoms with E-state index in [1.807, 2.05) is 6.92 Å². The number of hydrogen-bond donors (Lipinski definition) is 3. The molecule has 0 aliphatic carbocycles. The second kappa shape index (κ2) is 7.49. The number of halogens is 3. The molecule has 2 rings (SSSR count). The van der Waals surface area contributed by atoms with Gasteiger partial charge in [0.25, 0.3) is 11.9 Å². The van der Waals surface area contributed by atoms with Gasteiger partial charge in [0.1, 0.15) is 11.9 Å². The van der Waals surface area contributed by atoms with E-state index in [1.54, 1.807) is 5.10 Å². The third-order valence-electron chi connectivity index (χ3n) is 3.35. The van der Waals surface area contributed by atoms with Crippen molar-refractivity contribution < 1.29 is 27.9 Å². The summed E-state index contributed by atoms with van der Waals surface area (Å²) < 4.78 is 38.6. The Morgan fingerprint density at radius 2 is 2.04 bits per heavy atom. The first-order valence-corrected chi connectivity index (χ1v) is 7.60. The molecule has 142 valence electrons. The number of carbonyl (C=O) groups is 2. The van der Waals surface area contributed by atoms with Crippen molar-refractivity contribution in [3.63, 3.8) is 0 Å². The smallest absolute Gasteiger partial charge is 0.451 e. The minimum absolute atomic E-state index is 0.0586. The van der Waals surface area contributed by atoms with Crippen LogP contribution in [0, 0.1) is 6.92 Å². The first-order valence-electron chi connectivity index (χ1n) is 7.60. The number of aryl methyl sites for hydroxylation is 1. The number of aromatic amines is 1. The molecule has 2 heterocycles. The van der Waals surface area contributed by atoms with E-state index in [-0.39, 0.29) is 12.2 Å². The summed E-state index contributed by atoms with van der Waals surface area (Å²) in [5, 5.41) is 20.3. The molecule has 0 aromatic carbocycles. The van der Waals surface area contributed by atoms with Crippen LogP contribution in [0.4, 0.5) is 13.2 Å². The zero-order chi connectivity index (χ0) is 19.5. The molecule has 0 spiro atoms. The number of nitrogens with one attached hydrogen (secondary N) is 2. The van der Waals surface area contributed by atoms with Gasteiger partial charge in [-0.1, -0.05) is 19.8 Å². The van der Waals surface area contributed by atoms with Crippen molar-refractivity contribution in [1.82, 2.24) is 35.3 Å². The number of unbranched alkanes of at least 4 members (excludes halogenated alkanes) is 1. The molecular formula is C13H16F3N7O3. The number of H-pyrrole nitrogens is 1. The van der Waals surface area contributed by atoms with Crippen LogP contribution in [0.1, 0.15) is 48.5 Å². The first-order chi connectivity index (χ1) is 12.1. The predicted molar refractivity (Wildman–Crippen MR) is 79.5 cm³/mol. The van der Waals surface area contributed by atoms with E-state index in [9.17, 15) is 22.8 Å². The lowest BCUT2D eigenvalue weighted by molar-refractivity contribution is -0.144. The molecule has 0 unspecified atom stereocenters. The van der Waals surface area contributed by atoms with Crippen LogP contribution in [0.2, 0.25) is 0 Å². The van der Waals surface area contributed by atoms with Crippen molar-refractivity contribution in [2.24, 2.45) is 0 Å². The molecule has 2 aromatic rings. The van der Waals surface area contributed by atoms with Gasteiger partial charge in [-0.05, 0) is 13.3 Å². The van der Waals surface area contributed by atoms with E-state index >= 15 is 0 Å². The fraction of sp³-hybridized carbons (Fsp3) is 0.538. The monoisotopic (exact) mass is 375 g/mol. The van der Waals surface area contributed by atoms with Crippen molar-refractivity contribution >= 4 is 11.9 Å². The topological polar surface area (TPSA) is 139 Å². The Morgan fingerprint density at radius 1 is 1.35 bits per heavy atom. The molecule has 0 bridgehead atoms. The summed E-state index contributed by atoms with van der Waals surface area (Å²) in [7, 11) is 0. The van der Waals surface area contributed by atoms with E-state index in [0.717, 1.165) is 11.1 Å². The second-order valence-corrected chi connectivity index (χ2v) is 5.38. The van der Waals surface area contributed by atoms with Gasteiger partial charge < -0.3 is 10.4 Å². The standard InChI is InChI=1S/C13H16F3N7O3/c1-3-4-5-7(10(25)26)18-9(24)8-17-6(2)23(22-8)12-19-11(20-21-12)13(14,15)16/h7H,3-5H2,1-2H3,(H,18,24)(H,25,26)(H,19,20,21)/t7-/m0/s1. The maximum Gasteiger partial charge on any atom is 0.451 e. The SMILES string of the molecule is CCCC[C@H](NC(=O)c1nc(C)n(-c2n[nH]c(C(F)(F)F)n2)n1)C(=O)O. The molecular weight excluding hydrogens is 359 g/mol. The Morgan fingerprint density at radius 3 is 2.58 bits per heavy atom. The molecule has 0 fully saturated rings. The van der Waals surface area contributed by atoms with E-state index in [2.05, 4.69) is 25.5 Å². The number of carbonyl (C=O) groups excluding carboxylic acids is 1. The number of carboxylic acid groups (broad SMARTS) is 1. The van der Waals surface area contributed by atoms with Crippen molar-refractivity contribution in [2.75, 3.05) is 0 Å². The maximum absolute atomic E-state index is 12.6. The summed E-state index contributed by atoms with van der Waals surface area (Å²) in [4.78, 5) is 30.4. The van der Waals surface area contributed by atoms with Gasteiger partial charge >= 0.3 is 12.1 Å². The van der Waals surface area contributed by atoms with Crippen LogP contribution in [0.3, 0.4) is 0 Å². The van der Waals surface area contributed by atoms with Crippen LogP contribution in [-0.4, -0.2) is 53.0 Å². The molecule has 0 saturated heterocycles. The number of amides is 1. The highest BCUT2D eigenvalue weighted by atomic mass is 19.4. The normalized spacial score (nSPS) is 12.8. The van der Waals surface area contributed by atoms with Crippen LogP contribution < -0.4 is 5.32 Å². The number of aliphatic carboxylic acids is 1. The van der Waals surface area contributed by atoms with Gasteiger partial charge in [-0.3, -0.25) is 9.89 Å². The number of nitrogens with zero attached hydrogens (tertiary/aromatic N) is 5. The number of carboxylic acids is 1. The Kier molecular flexibility index (Phi) is 5.57. The van der Waals surface area contributed by atoms with E-state index in [0.29, 0.717) is 6.42 Å². The largest absolute Gasteiger partial charge is 0.480 e. The molecule has 0 radical (unpaired) electrons. The first kappa shape index (κ1) is 19.3. The summed E-state index contributed by atoms with van der Waals surface area (Å²) >= 11 is 0. The van der Waals surface area contributed by atoms with Gasteiger partial charge in [-0.2, -0.15) is 22.8 Å². The predicted octanol–water partition coefficient (Wildman–Crippen LogP) is 1.09. The molecule has 10 nitrogen and oxygen atoms in total. The van der Waals surface area contributed by atoms with E-state index in [1.165, 1.54) is 6.92 Å². The minimum atomic E-state index is -4.71. The van der Waals surface area contributed by atoms with Crippen molar-refractivity contribution in [3.8, 4) is 5.95 Å². The van der Waals surface area contributed by atoms with Crippen LogP contribution in [-0.2, 0) is 11.0 Å². The molecule has 1 amide bonds. The van der Waals surface area contributed by atoms with Gasteiger partial charge in [0, 0.05) is 0 Å². The molecule has 13 heteroatoms. The average Bonchev–Trinajstić information content (AvgIpc) is 3.17. The Hall–Kier alpha value is -2.99. The third kappa shape index (κ3) is 4.34. The number of hydrogen-bond acceptors (Lipinski definition) is 6. The molecule has 0 aliphatic rings. The van der Waals surface area contributed by atoms with Gasteiger partial charge in [-0.15, -0.1) is 10.2 Å². The molecule has 2 aromatic heterocycles. The zero-order valence-corrected chi connectivity index (χ0v) is 13.8. The summed E-state index contributed by atoms with van der Waals surface area (Å²) in [5.74, 6) is -4.17. The van der Waals surface area contributed by atoms with Crippen LogP contribution >= 0.6 is 0 Å². The number of rotatable bonds is 7. The highest BCUT2D eigenvalue weighted by Crippen LogP contribution is 2.26. The lowest BCUT2D eigenvalue weighted by atomic mass is 10.1. The Labute approximate surface area is 144 Å². The van der Waals surface area contributed by atoms with Crippen LogP contribution in [0.25, 0.3) is 5.95 Å². The van der Waals surface area contributed by atoms with Crippen molar-refractivity contribution in [1.29, 1.82) is 0 Å². The highest BCUT2D eigenvalue weighted by molar-refractivity contribution is 5.93. The number of alkyl halides is 3. The van der Waals surface area contributed by atoms with Gasteiger partial charge in [0.15, 0.2) is 0 Å². The zero-order valence-electron chi connectivity index (χ0n) is 13.8. The second-order valence-electron chi connectivity index (χ2n) is 5.38. The summed E-state index contributed by atoms with van der Waals surface area (Å²) in [6, 6.07) is -1.12. The molecule has 3 N–H and O–H groups in total. The van der Waals surface area contributed by atoms with Gasteiger partial charge in [-0.25, -0.2) is 9.78 Å². The van der Waals surface area contributed by atoms with Crippen LogP contribution in [0.5, 0.6) is 0 Å². The van der Waals surface area contributed by atoms with E-state index in [4.69, 9.17) is 5.11 Å². The fourth-order valence-corrected chi connectivity index (χ4v) is 2.04. The van der Waals surface area contributed by atoms with E-state index < -0.39 is 41.7 Å². The Balaban J connectivity index is 2.20. The maximum atomic E-state index is 12.6. The molecule has 0 aliphatic heterocycles. The fourth-order valence-electron chi connectivity index (χ4n) is 2.04. The Bertz CT molecular complexity index is 799. The number of aromatic nitrogens is 6. The summed E-state index contributed by atoms with van der Waals surface area (Å²) in [6.07, 6.45) is -3.14. The highest BCUT2D eigenvalue weighted by Gasteiger charge is 2.36. The minimum Gasteiger partial charge on any atom is -0.480 e. The van der Waals surface area contributed by atoms with Gasteiger partial charge in [0.05, 0.1) is 0 Å². The quantitative estimate of drug-likeness (QED) is 0.658. The summed E-state index contributed by atoms with van der Waals surface area (Å²) in [5.41, 5.74) is 0. The van der Waals surface area contributed by atoms with Crippen molar-refractivity contribution in [3.05, 3.63) is 17.5 Å².